The predicted molar refractivity (Wildman–Crippen MR) is 93.2 cm³/mol. The maximum absolute atomic E-state index is 12.4. The van der Waals surface area contributed by atoms with Crippen LogP contribution in [0.5, 0.6) is 0 Å². The van der Waals surface area contributed by atoms with Crippen molar-refractivity contribution in [1.82, 2.24) is 15.2 Å². The lowest BCUT2D eigenvalue weighted by molar-refractivity contribution is -0.131. The largest absolute Gasteiger partial charge is 0.351 e. The molecule has 1 aliphatic carbocycles. The second-order valence-corrected chi connectivity index (χ2v) is 6.03. The van der Waals surface area contributed by atoms with Crippen LogP contribution in [0.3, 0.4) is 0 Å². The molecule has 0 atom stereocenters. The highest BCUT2D eigenvalue weighted by Crippen LogP contribution is 2.25. The maximum atomic E-state index is 12.4. The van der Waals surface area contributed by atoms with E-state index in [0.29, 0.717) is 18.5 Å². The molecule has 0 aromatic carbocycles. The van der Waals surface area contributed by atoms with Crippen LogP contribution in [0.25, 0.3) is 0 Å². The van der Waals surface area contributed by atoms with Crippen molar-refractivity contribution >= 4 is 11.7 Å². The molecular formula is C18H26N4O. The molecule has 1 fully saturated rings. The van der Waals surface area contributed by atoms with Gasteiger partial charge in [0.2, 0.25) is 5.91 Å². The van der Waals surface area contributed by atoms with Gasteiger partial charge in [0, 0.05) is 25.0 Å². The van der Waals surface area contributed by atoms with Crippen LogP contribution in [-0.2, 0) is 11.2 Å². The molecule has 1 aliphatic rings. The number of likely N-dealkylation sites (N-methyl/N-ethyl adjacent to an activating group) is 1. The third-order valence-electron chi connectivity index (χ3n) is 4.35. The number of amidine groups is 1. The minimum atomic E-state index is 0.139. The van der Waals surface area contributed by atoms with Crippen LogP contribution in [0.15, 0.2) is 42.2 Å². The molecule has 1 saturated carbocycles. The molecule has 1 N–H and O–H groups in total. The van der Waals surface area contributed by atoms with Gasteiger partial charge in [-0.2, -0.15) is 0 Å². The van der Waals surface area contributed by atoms with Gasteiger partial charge in [0.15, 0.2) is 0 Å². The molecule has 5 nitrogen and oxygen atoms in total. The lowest BCUT2D eigenvalue weighted by Crippen LogP contribution is -2.41. The summed E-state index contributed by atoms with van der Waals surface area (Å²) in [5.41, 5.74) is 0.828. The summed E-state index contributed by atoms with van der Waals surface area (Å²) in [5, 5.41) is 3.01. The van der Waals surface area contributed by atoms with E-state index in [1.807, 2.05) is 37.1 Å². The monoisotopic (exact) mass is 314 g/mol. The van der Waals surface area contributed by atoms with Crippen LogP contribution in [-0.4, -0.2) is 40.8 Å². The van der Waals surface area contributed by atoms with E-state index in [0.717, 1.165) is 37.2 Å². The standard InChI is InChI=1S/C18H26N4O/c1-4-19-14(2)21-15-8-10-17(11-9-15)22(3)18(23)13-16-7-5-6-12-20-16/h4-7,12,15,17H,1,8-11,13H2,2-3H3,(H,19,21). The molecule has 1 amide bonds. The van der Waals surface area contributed by atoms with Gasteiger partial charge in [0.25, 0.3) is 0 Å². The maximum Gasteiger partial charge on any atom is 0.228 e. The first kappa shape index (κ1) is 17.2. The number of rotatable bonds is 5. The molecule has 1 heterocycles. The van der Waals surface area contributed by atoms with Crippen molar-refractivity contribution in [3.63, 3.8) is 0 Å². The van der Waals surface area contributed by atoms with Crippen LogP contribution < -0.4 is 5.32 Å². The first-order valence-corrected chi connectivity index (χ1v) is 8.17. The Bertz CT molecular complexity index is 547. The molecular weight excluding hydrogens is 288 g/mol. The number of carbonyl (C=O) groups is 1. The van der Waals surface area contributed by atoms with Crippen LogP contribution in [0.1, 0.15) is 38.3 Å². The van der Waals surface area contributed by atoms with Crippen molar-refractivity contribution in [2.24, 2.45) is 4.99 Å². The van der Waals surface area contributed by atoms with Gasteiger partial charge in [-0.3, -0.25) is 14.8 Å². The zero-order valence-electron chi connectivity index (χ0n) is 14.0. The van der Waals surface area contributed by atoms with Gasteiger partial charge in [0.1, 0.15) is 0 Å². The zero-order valence-corrected chi connectivity index (χ0v) is 14.0. The SMILES string of the molecule is C=CNC(C)=NC1CCC(N(C)C(=O)Cc2ccccn2)CC1. The number of hydrogen-bond donors (Lipinski definition) is 1. The van der Waals surface area contributed by atoms with Gasteiger partial charge >= 0.3 is 0 Å². The zero-order chi connectivity index (χ0) is 16.7. The number of nitrogens with one attached hydrogen (secondary N) is 1. The summed E-state index contributed by atoms with van der Waals surface area (Å²) in [4.78, 5) is 23.2. The third-order valence-corrected chi connectivity index (χ3v) is 4.35. The van der Waals surface area contributed by atoms with Crippen LogP contribution in [0, 0.1) is 0 Å². The summed E-state index contributed by atoms with van der Waals surface area (Å²) in [6.07, 6.45) is 7.78. The molecule has 2 rings (SSSR count). The molecule has 0 bridgehead atoms. The van der Waals surface area contributed by atoms with Crippen molar-refractivity contribution in [3.8, 4) is 0 Å². The van der Waals surface area contributed by atoms with Crippen LogP contribution in [0.2, 0.25) is 0 Å². The number of carbonyl (C=O) groups excluding carboxylic acids is 1. The topological polar surface area (TPSA) is 57.6 Å². The average Bonchev–Trinajstić information content (AvgIpc) is 2.56. The number of aliphatic imine (C=N–C) groups is 1. The molecule has 0 saturated heterocycles. The Labute approximate surface area is 138 Å². The lowest BCUT2D eigenvalue weighted by atomic mass is 9.90. The van der Waals surface area contributed by atoms with E-state index >= 15 is 0 Å². The third kappa shape index (κ3) is 5.20. The van der Waals surface area contributed by atoms with Crippen molar-refractivity contribution in [2.75, 3.05) is 7.05 Å². The highest BCUT2D eigenvalue weighted by Gasteiger charge is 2.26. The van der Waals surface area contributed by atoms with Crippen molar-refractivity contribution in [3.05, 3.63) is 42.9 Å². The fourth-order valence-corrected chi connectivity index (χ4v) is 3.02. The summed E-state index contributed by atoms with van der Waals surface area (Å²) in [5.74, 6) is 1.04. The Hall–Kier alpha value is -2.17. The summed E-state index contributed by atoms with van der Waals surface area (Å²) in [6, 6.07) is 6.33. The fourth-order valence-electron chi connectivity index (χ4n) is 3.02. The van der Waals surface area contributed by atoms with Crippen molar-refractivity contribution in [1.29, 1.82) is 0 Å². The second-order valence-electron chi connectivity index (χ2n) is 6.03. The summed E-state index contributed by atoms with van der Waals surface area (Å²) < 4.78 is 0. The van der Waals surface area contributed by atoms with Gasteiger partial charge in [-0.1, -0.05) is 12.6 Å². The minimum absolute atomic E-state index is 0.139. The Balaban J connectivity index is 1.83. The molecule has 1 aromatic rings. The van der Waals surface area contributed by atoms with Gasteiger partial charge < -0.3 is 10.2 Å². The van der Waals surface area contributed by atoms with E-state index in [1.165, 1.54) is 0 Å². The summed E-state index contributed by atoms with van der Waals surface area (Å²) in [7, 11) is 1.91. The van der Waals surface area contributed by atoms with E-state index in [2.05, 4.69) is 21.9 Å². The summed E-state index contributed by atoms with van der Waals surface area (Å²) in [6.45, 7) is 5.60. The molecule has 124 valence electrons. The quantitative estimate of drug-likeness (QED) is 0.671. The van der Waals surface area contributed by atoms with Crippen LogP contribution in [0.4, 0.5) is 0 Å². The average molecular weight is 314 g/mol. The molecule has 0 radical (unpaired) electrons. The second kappa shape index (κ2) is 8.46. The van der Waals surface area contributed by atoms with E-state index in [4.69, 9.17) is 0 Å². The van der Waals surface area contributed by atoms with Gasteiger partial charge in [-0.05, 0) is 50.9 Å². The molecule has 0 spiro atoms. The Morgan fingerprint density at radius 3 is 2.78 bits per heavy atom. The number of nitrogens with zero attached hydrogens (tertiary/aromatic N) is 3. The molecule has 0 unspecified atom stereocenters. The predicted octanol–water partition coefficient (Wildman–Crippen LogP) is 2.55. The molecule has 1 aromatic heterocycles. The van der Waals surface area contributed by atoms with Crippen molar-refractivity contribution < 1.29 is 4.79 Å². The van der Waals surface area contributed by atoms with Gasteiger partial charge in [0.05, 0.1) is 18.3 Å². The number of pyridine rings is 1. The highest BCUT2D eigenvalue weighted by atomic mass is 16.2. The smallest absolute Gasteiger partial charge is 0.228 e. The van der Waals surface area contributed by atoms with Crippen LogP contribution >= 0.6 is 0 Å². The van der Waals surface area contributed by atoms with Gasteiger partial charge in [-0.15, -0.1) is 0 Å². The summed E-state index contributed by atoms with van der Waals surface area (Å²) >= 11 is 0. The number of aromatic nitrogens is 1. The van der Waals surface area contributed by atoms with E-state index in [-0.39, 0.29) is 5.91 Å². The van der Waals surface area contributed by atoms with E-state index < -0.39 is 0 Å². The lowest BCUT2D eigenvalue weighted by Gasteiger charge is -2.33. The highest BCUT2D eigenvalue weighted by molar-refractivity contribution is 5.80. The minimum Gasteiger partial charge on any atom is -0.351 e. The first-order chi connectivity index (χ1) is 11.1. The first-order valence-electron chi connectivity index (χ1n) is 8.17. The number of hydrogen-bond acceptors (Lipinski definition) is 3. The normalized spacial score (nSPS) is 21.6. The Morgan fingerprint density at radius 1 is 1.43 bits per heavy atom. The van der Waals surface area contributed by atoms with Crippen molar-refractivity contribution in [2.45, 2.75) is 51.1 Å². The Kier molecular flexibility index (Phi) is 6.32. The number of amides is 1. The molecule has 5 heteroatoms. The van der Waals surface area contributed by atoms with Gasteiger partial charge in [-0.25, -0.2) is 0 Å². The van der Waals surface area contributed by atoms with E-state index in [1.54, 1.807) is 12.4 Å². The fraction of sp³-hybridized carbons (Fsp3) is 0.500. The molecule has 0 aliphatic heterocycles. The molecule has 23 heavy (non-hydrogen) atoms. The Morgan fingerprint density at radius 2 is 2.17 bits per heavy atom. The van der Waals surface area contributed by atoms with E-state index in [9.17, 15) is 4.79 Å².